The van der Waals surface area contributed by atoms with Crippen molar-refractivity contribution in [2.45, 2.75) is 57.8 Å². The average molecular weight is 240 g/mol. The van der Waals surface area contributed by atoms with Crippen molar-refractivity contribution >= 4 is 18.6 Å². The van der Waals surface area contributed by atoms with Crippen LogP contribution in [0.15, 0.2) is 0 Å². The predicted octanol–water partition coefficient (Wildman–Crippen LogP) is -0.819. The Morgan fingerprint density at radius 1 is 0.867 bits per heavy atom. The minimum atomic E-state index is -0.918. The van der Waals surface area contributed by atoms with Gasteiger partial charge in [0, 0.05) is 5.97 Å². The summed E-state index contributed by atoms with van der Waals surface area (Å²) in [6.45, 7) is 0. The summed E-state index contributed by atoms with van der Waals surface area (Å²) in [5.41, 5.74) is 0. The van der Waals surface area contributed by atoms with Gasteiger partial charge in [-0.2, -0.15) is 12.6 Å². The molecule has 0 heterocycles. The van der Waals surface area contributed by atoms with Crippen LogP contribution >= 0.6 is 12.6 Å². The maximum absolute atomic E-state index is 10.1. The van der Waals surface area contributed by atoms with E-state index in [4.69, 9.17) is 0 Å². The van der Waals surface area contributed by atoms with Gasteiger partial charge < -0.3 is 9.90 Å². The van der Waals surface area contributed by atoms with Crippen molar-refractivity contribution in [3.8, 4) is 0 Å². The Labute approximate surface area is 121 Å². The summed E-state index contributed by atoms with van der Waals surface area (Å²) < 4.78 is 0. The molecule has 0 unspecified atom stereocenters. The first kappa shape index (κ1) is 18.2. The molecule has 0 aromatic rings. The van der Waals surface area contributed by atoms with Crippen LogP contribution in [0.2, 0.25) is 0 Å². The van der Waals surface area contributed by atoms with E-state index in [1.807, 2.05) is 0 Å². The molecular formula is C11H21NaO2S. The van der Waals surface area contributed by atoms with Crippen molar-refractivity contribution < 1.29 is 39.5 Å². The van der Waals surface area contributed by atoms with Crippen LogP contribution in [0.5, 0.6) is 0 Å². The first-order valence-corrected chi connectivity index (χ1v) is 6.21. The number of aliphatic carboxylic acids is 1. The van der Waals surface area contributed by atoms with Gasteiger partial charge in [-0.25, -0.2) is 0 Å². The van der Waals surface area contributed by atoms with Crippen LogP contribution in [-0.2, 0) is 4.79 Å². The zero-order valence-electron chi connectivity index (χ0n) is 9.83. The fourth-order valence-electron chi connectivity index (χ4n) is 1.44. The van der Waals surface area contributed by atoms with Crippen molar-refractivity contribution in [3.05, 3.63) is 0 Å². The van der Waals surface area contributed by atoms with E-state index < -0.39 is 5.97 Å². The van der Waals surface area contributed by atoms with E-state index in [1.165, 1.54) is 32.1 Å². The van der Waals surface area contributed by atoms with Gasteiger partial charge in [0.15, 0.2) is 0 Å². The Kier molecular flexibility index (Phi) is 18.0. The number of carbonyl (C=O) groups is 1. The Bertz CT molecular complexity index is 143. The third-order valence-corrected chi connectivity index (χ3v) is 2.61. The summed E-state index contributed by atoms with van der Waals surface area (Å²) in [6.07, 6.45) is 9.49. The number of rotatable bonds is 10. The van der Waals surface area contributed by atoms with E-state index >= 15 is 0 Å². The molecule has 0 spiro atoms. The molecule has 0 bridgehead atoms. The van der Waals surface area contributed by atoms with Crippen molar-refractivity contribution in [2.24, 2.45) is 0 Å². The largest absolute Gasteiger partial charge is 1.00 e. The second-order valence-corrected chi connectivity index (χ2v) is 4.12. The summed E-state index contributed by atoms with van der Waals surface area (Å²) in [4.78, 5) is 10.1. The fraction of sp³-hybridized carbons (Fsp3) is 0.909. The molecule has 15 heavy (non-hydrogen) atoms. The second kappa shape index (κ2) is 14.8. The molecule has 0 saturated carbocycles. The van der Waals surface area contributed by atoms with E-state index in [-0.39, 0.29) is 36.0 Å². The molecule has 0 aromatic heterocycles. The van der Waals surface area contributed by atoms with Gasteiger partial charge in [0.2, 0.25) is 0 Å². The maximum Gasteiger partial charge on any atom is 1.00 e. The zero-order valence-corrected chi connectivity index (χ0v) is 12.7. The summed E-state index contributed by atoms with van der Waals surface area (Å²) >= 11 is 4.15. The van der Waals surface area contributed by atoms with Crippen molar-refractivity contribution in [3.63, 3.8) is 0 Å². The molecule has 84 valence electrons. The Morgan fingerprint density at radius 3 is 1.67 bits per heavy atom. The summed E-state index contributed by atoms with van der Waals surface area (Å²) in [5.74, 6) is 0.0739. The average Bonchev–Trinajstić information content (AvgIpc) is 2.15. The summed E-state index contributed by atoms with van der Waals surface area (Å²) in [6, 6.07) is 0. The van der Waals surface area contributed by atoms with Gasteiger partial charge in [0.05, 0.1) is 0 Å². The second-order valence-electron chi connectivity index (χ2n) is 3.67. The van der Waals surface area contributed by atoms with Crippen molar-refractivity contribution in [1.82, 2.24) is 0 Å². The van der Waals surface area contributed by atoms with Gasteiger partial charge in [-0.3, -0.25) is 0 Å². The van der Waals surface area contributed by atoms with Gasteiger partial charge in [-0.1, -0.05) is 38.5 Å². The minimum Gasteiger partial charge on any atom is -0.550 e. The molecular weight excluding hydrogens is 219 g/mol. The molecule has 0 saturated heterocycles. The molecule has 0 aliphatic rings. The monoisotopic (exact) mass is 240 g/mol. The van der Waals surface area contributed by atoms with E-state index in [0.29, 0.717) is 0 Å². The first-order chi connectivity index (χ1) is 6.77. The van der Waals surface area contributed by atoms with Gasteiger partial charge in [0.25, 0.3) is 0 Å². The summed E-state index contributed by atoms with van der Waals surface area (Å²) in [7, 11) is 0. The number of hydrogen-bond donors (Lipinski definition) is 1. The SMILES string of the molecule is O=C([O-])CCCCCCCCCCS.[Na+]. The molecule has 0 atom stereocenters. The number of hydrogen-bond acceptors (Lipinski definition) is 3. The summed E-state index contributed by atoms with van der Waals surface area (Å²) in [5, 5.41) is 10.1. The quantitative estimate of drug-likeness (QED) is 0.308. The van der Waals surface area contributed by atoms with Gasteiger partial charge in [-0.05, 0) is 25.0 Å². The third-order valence-electron chi connectivity index (χ3n) is 2.29. The third kappa shape index (κ3) is 17.4. The first-order valence-electron chi connectivity index (χ1n) is 5.58. The van der Waals surface area contributed by atoms with E-state index in [0.717, 1.165) is 25.0 Å². The molecule has 0 radical (unpaired) electrons. The molecule has 0 aliphatic heterocycles. The molecule has 0 fully saturated rings. The number of carboxylic acid groups (broad SMARTS) is 1. The standard InChI is InChI=1S/C11H22O2S.Na/c12-11(13)9-7-5-3-1-2-4-6-8-10-14;/h14H,1-10H2,(H,12,13);/q;+1/p-1. The van der Waals surface area contributed by atoms with Gasteiger partial charge in [-0.15, -0.1) is 0 Å². The van der Waals surface area contributed by atoms with Crippen LogP contribution in [-0.4, -0.2) is 11.7 Å². The van der Waals surface area contributed by atoms with Crippen LogP contribution in [0.25, 0.3) is 0 Å². The van der Waals surface area contributed by atoms with Crippen LogP contribution < -0.4 is 34.7 Å². The molecule has 0 aromatic carbocycles. The van der Waals surface area contributed by atoms with Crippen LogP contribution in [0.4, 0.5) is 0 Å². The number of thiol groups is 1. The Balaban J connectivity index is 0. The predicted molar refractivity (Wildman–Crippen MR) is 60.4 cm³/mol. The smallest absolute Gasteiger partial charge is 0.550 e. The number of unbranched alkanes of at least 4 members (excludes halogenated alkanes) is 7. The van der Waals surface area contributed by atoms with Gasteiger partial charge >= 0.3 is 29.6 Å². The van der Waals surface area contributed by atoms with E-state index in [9.17, 15) is 9.90 Å². The number of carboxylic acids is 1. The maximum atomic E-state index is 10.1. The molecule has 2 nitrogen and oxygen atoms in total. The normalized spacial score (nSPS) is 9.67. The molecule has 0 amide bonds. The van der Waals surface area contributed by atoms with Crippen LogP contribution in [0.3, 0.4) is 0 Å². The van der Waals surface area contributed by atoms with E-state index in [2.05, 4.69) is 12.6 Å². The topological polar surface area (TPSA) is 40.1 Å². The van der Waals surface area contributed by atoms with Crippen LogP contribution in [0, 0.1) is 0 Å². The van der Waals surface area contributed by atoms with E-state index in [1.54, 1.807) is 0 Å². The molecule has 0 aliphatic carbocycles. The molecule has 0 N–H and O–H groups in total. The molecule has 4 heteroatoms. The minimum absolute atomic E-state index is 0. The van der Waals surface area contributed by atoms with Crippen molar-refractivity contribution in [2.75, 3.05) is 5.75 Å². The van der Waals surface area contributed by atoms with Crippen LogP contribution in [0.1, 0.15) is 57.8 Å². The zero-order chi connectivity index (χ0) is 10.6. The molecule has 0 rings (SSSR count). The van der Waals surface area contributed by atoms with Crippen molar-refractivity contribution in [1.29, 1.82) is 0 Å². The Hall–Kier alpha value is 0.820. The van der Waals surface area contributed by atoms with Gasteiger partial charge in [0.1, 0.15) is 0 Å². The fourth-order valence-corrected chi connectivity index (χ4v) is 1.67. The number of carbonyl (C=O) groups excluding carboxylic acids is 1. The Morgan fingerprint density at radius 2 is 1.27 bits per heavy atom.